The second kappa shape index (κ2) is 5.94. The fourth-order valence-electron chi connectivity index (χ4n) is 0.901. The lowest BCUT2D eigenvalue weighted by Gasteiger charge is -2.19. The van der Waals surface area contributed by atoms with Crippen molar-refractivity contribution in [2.75, 3.05) is 27.7 Å². The van der Waals surface area contributed by atoms with Crippen molar-refractivity contribution in [2.24, 2.45) is 0 Å². The summed E-state index contributed by atoms with van der Waals surface area (Å²) in [4.78, 5) is 12.9. The zero-order valence-corrected chi connectivity index (χ0v) is 9.13. The second-order valence-electron chi connectivity index (χ2n) is 3.41. The van der Waals surface area contributed by atoms with Gasteiger partial charge in [0.25, 0.3) is 0 Å². The molecule has 0 aliphatic carbocycles. The highest BCUT2D eigenvalue weighted by molar-refractivity contribution is 5.80. The van der Waals surface area contributed by atoms with Gasteiger partial charge in [0.2, 0.25) is 5.91 Å². The van der Waals surface area contributed by atoms with Crippen molar-refractivity contribution in [3.8, 4) is 0 Å². The summed E-state index contributed by atoms with van der Waals surface area (Å²) < 4.78 is 5.05. The Labute approximate surface area is 80.2 Å². The van der Waals surface area contributed by atoms with Crippen molar-refractivity contribution in [3.63, 3.8) is 0 Å². The summed E-state index contributed by atoms with van der Waals surface area (Å²) >= 11 is 0. The number of methoxy groups -OCH3 is 1. The van der Waals surface area contributed by atoms with Crippen molar-refractivity contribution in [1.82, 2.24) is 10.2 Å². The van der Waals surface area contributed by atoms with E-state index in [0.29, 0.717) is 6.54 Å². The molecule has 0 rings (SSSR count). The summed E-state index contributed by atoms with van der Waals surface area (Å²) in [5, 5.41) is 3.10. The third-order valence-corrected chi connectivity index (χ3v) is 1.93. The van der Waals surface area contributed by atoms with E-state index < -0.39 is 0 Å². The molecule has 1 amide bonds. The van der Waals surface area contributed by atoms with E-state index in [9.17, 15) is 4.79 Å². The molecule has 13 heavy (non-hydrogen) atoms. The quantitative estimate of drug-likeness (QED) is 0.664. The molecule has 4 nitrogen and oxygen atoms in total. The van der Waals surface area contributed by atoms with Crippen LogP contribution in [0.4, 0.5) is 0 Å². The first kappa shape index (κ1) is 12.4. The molecule has 0 aromatic heterocycles. The topological polar surface area (TPSA) is 41.6 Å². The number of nitrogens with zero attached hydrogens (tertiary/aromatic N) is 1. The van der Waals surface area contributed by atoms with Crippen molar-refractivity contribution >= 4 is 5.91 Å². The largest absolute Gasteiger partial charge is 0.380 e. The van der Waals surface area contributed by atoms with Gasteiger partial charge in [-0.25, -0.2) is 0 Å². The van der Waals surface area contributed by atoms with Crippen LogP contribution in [0.3, 0.4) is 0 Å². The van der Waals surface area contributed by atoms with Gasteiger partial charge in [-0.15, -0.1) is 0 Å². The molecule has 0 bridgehead atoms. The zero-order chi connectivity index (χ0) is 10.4. The van der Waals surface area contributed by atoms with Crippen LogP contribution in [0.1, 0.15) is 13.8 Å². The Morgan fingerprint density at radius 3 is 2.38 bits per heavy atom. The number of hydrogen-bond donors (Lipinski definition) is 1. The second-order valence-corrected chi connectivity index (χ2v) is 3.41. The van der Waals surface area contributed by atoms with Gasteiger partial charge in [-0.3, -0.25) is 4.79 Å². The molecule has 0 spiro atoms. The maximum atomic E-state index is 11.4. The average molecular weight is 188 g/mol. The standard InChI is InChI=1S/C9H20N2O2/c1-7(13-5)6-10-8(2)9(12)11(3)4/h7-8,10H,6H2,1-5H3. The van der Waals surface area contributed by atoms with E-state index in [-0.39, 0.29) is 18.1 Å². The number of amides is 1. The van der Waals surface area contributed by atoms with E-state index in [2.05, 4.69) is 5.32 Å². The van der Waals surface area contributed by atoms with Crippen LogP contribution in [-0.4, -0.2) is 50.7 Å². The summed E-state index contributed by atoms with van der Waals surface area (Å²) in [6, 6.07) is -0.146. The van der Waals surface area contributed by atoms with Crippen LogP contribution in [-0.2, 0) is 9.53 Å². The van der Waals surface area contributed by atoms with Crippen LogP contribution < -0.4 is 5.32 Å². The Hall–Kier alpha value is -0.610. The summed E-state index contributed by atoms with van der Waals surface area (Å²) in [6.45, 7) is 4.50. The van der Waals surface area contributed by atoms with Crippen molar-refractivity contribution < 1.29 is 9.53 Å². The lowest BCUT2D eigenvalue weighted by atomic mass is 10.3. The lowest BCUT2D eigenvalue weighted by Crippen LogP contribution is -2.44. The number of carbonyl (C=O) groups is 1. The number of hydrogen-bond acceptors (Lipinski definition) is 3. The van der Waals surface area contributed by atoms with Gasteiger partial charge in [0.1, 0.15) is 0 Å². The van der Waals surface area contributed by atoms with E-state index in [0.717, 1.165) is 0 Å². The maximum absolute atomic E-state index is 11.4. The fraction of sp³-hybridized carbons (Fsp3) is 0.889. The molecule has 0 aromatic carbocycles. The Kier molecular flexibility index (Phi) is 5.66. The normalized spacial score (nSPS) is 15.2. The molecule has 0 radical (unpaired) electrons. The SMILES string of the molecule is COC(C)CNC(C)C(=O)N(C)C. The molecular weight excluding hydrogens is 168 g/mol. The average Bonchev–Trinajstić information content (AvgIpc) is 2.11. The third-order valence-electron chi connectivity index (χ3n) is 1.93. The molecule has 0 fully saturated rings. The van der Waals surface area contributed by atoms with Crippen LogP contribution in [0, 0.1) is 0 Å². The predicted molar refractivity (Wildman–Crippen MR) is 52.6 cm³/mol. The van der Waals surface area contributed by atoms with Crippen LogP contribution in [0.15, 0.2) is 0 Å². The number of nitrogens with one attached hydrogen (secondary N) is 1. The first-order valence-corrected chi connectivity index (χ1v) is 4.46. The fourth-order valence-corrected chi connectivity index (χ4v) is 0.901. The molecule has 1 N–H and O–H groups in total. The van der Waals surface area contributed by atoms with Crippen molar-refractivity contribution in [3.05, 3.63) is 0 Å². The molecule has 4 heteroatoms. The van der Waals surface area contributed by atoms with Gasteiger partial charge in [-0.2, -0.15) is 0 Å². The summed E-state index contributed by atoms with van der Waals surface area (Å²) in [5.74, 6) is 0.0864. The van der Waals surface area contributed by atoms with E-state index in [4.69, 9.17) is 4.74 Å². The highest BCUT2D eigenvalue weighted by atomic mass is 16.5. The van der Waals surface area contributed by atoms with Crippen molar-refractivity contribution in [2.45, 2.75) is 26.0 Å². The van der Waals surface area contributed by atoms with Gasteiger partial charge < -0.3 is 15.0 Å². The molecule has 2 unspecified atom stereocenters. The molecule has 0 saturated carbocycles. The minimum absolute atomic E-state index is 0.0864. The van der Waals surface area contributed by atoms with Gasteiger partial charge in [-0.05, 0) is 13.8 Å². The first-order valence-electron chi connectivity index (χ1n) is 4.46. The Balaban J connectivity index is 3.74. The Morgan fingerprint density at radius 1 is 1.46 bits per heavy atom. The van der Waals surface area contributed by atoms with E-state index in [1.165, 1.54) is 0 Å². The number of likely N-dealkylation sites (N-methyl/N-ethyl adjacent to an activating group) is 1. The van der Waals surface area contributed by atoms with Gasteiger partial charge in [0, 0.05) is 27.7 Å². The number of rotatable bonds is 5. The summed E-state index contributed by atoms with van der Waals surface area (Å²) in [6.07, 6.45) is 0.136. The summed E-state index contributed by atoms with van der Waals surface area (Å²) in [7, 11) is 5.16. The van der Waals surface area contributed by atoms with Gasteiger partial charge in [0.15, 0.2) is 0 Å². The number of carbonyl (C=O) groups excluding carboxylic acids is 1. The third kappa shape index (κ3) is 4.85. The molecule has 0 heterocycles. The molecule has 0 aliphatic heterocycles. The van der Waals surface area contributed by atoms with Crippen LogP contribution in [0.5, 0.6) is 0 Å². The maximum Gasteiger partial charge on any atom is 0.238 e. The van der Waals surface area contributed by atoms with Gasteiger partial charge in [0.05, 0.1) is 12.1 Å². The zero-order valence-electron chi connectivity index (χ0n) is 9.13. The monoisotopic (exact) mass is 188 g/mol. The van der Waals surface area contributed by atoms with Crippen molar-refractivity contribution in [1.29, 1.82) is 0 Å². The lowest BCUT2D eigenvalue weighted by molar-refractivity contribution is -0.130. The van der Waals surface area contributed by atoms with E-state index >= 15 is 0 Å². The van der Waals surface area contributed by atoms with E-state index in [1.54, 1.807) is 26.1 Å². The van der Waals surface area contributed by atoms with Crippen LogP contribution >= 0.6 is 0 Å². The van der Waals surface area contributed by atoms with E-state index in [1.807, 2.05) is 13.8 Å². The minimum Gasteiger partial charge on any atom is -0.380 e. The number of ether oxygens (including phenoxy) is 1. The molecule has 2 atom stereocenters. The Bertz CT molecular complexity index is 160. The summed E-state index contributed by atoms with van der Waals surface area (Å²) in [5.41, 5.74) is 0. The highest BCUT2D eigenvalue weighted by Gasteiger charge is 2.14. The van der Waals surface area contributed by atoms with Crippen LogP contribution in [0.2, 0.25) is 0 Å². The van der Waals surface area contributed by atoms with Gasteiger partial charge >= 0.3 is 0 Å². The molecule has 0 aromatic rings. The minimum atomic E-state index is -0.146. The first-order chi connectivity index (χ1) is 5.99. The van der Waals surface area contributed by atoms with Crippen LogP contribution in [0.25, 0.3) is 0 Å². The highest BCUT2D eigenvalue weighted by Crippen LogP contribution is 1.90. The predicted octanol–water partition coefficient (Wildman–Crippen LogP) is 0.0876. The Morgan fingerprint density at radius 2 is 2.00 bits per heavy atom. The molecule has 0 aliphatic rings. The molecule has 0 saturated heterocycles. The van der Waals surface area contributed by atoms with Gasteiger partial charge in [-0.1, -0.05) is 0 Å². The smallest absolute Gasteiger partial charge is 0.238 e. The molecule has 78 valence electrons. The molecular formula is C9H20N2O2.